The number of hydrogen-bond acceptors (Lipinski definition) is 6. The van der Waals surface area contributed by atoms with Crippen LogP contribution in [0.1, 0.15) is 81.8 Å². The molecular weight excluding hydrogens is 991 g/mol. The van der Waals surface area contributed by atoms with E-state index in [1.807, 2.05) is 4.90 Å². The number of rotatable bonds is 13. The van der Waals surface area contributed by atoms with Crippen molar-refractivity contribution in [3.63, 3.8) is 0 Å². The number of carbonyl (C=O) groups is 2. The van der Waals surface area contributed by atoms with E-state index < -0.39 is 108 Å². The van der Waals surface area contributed by atoms with Crippen LogP contribution in [0.25, 0.3) is 22.3 Å². The molecule has 4 aromatic rings. The molecule has 2 amide bonds. The first-order valence-corrected chi connectivity index (χ1v) is 26.7. The zero-order valence-corrected chi connectivity index (χ0v) is 41.8. The quantitative estimate of drug-likeness (QED) is 0.130. The molecule has 6 fully saturated rings. The van der Waals surface area contributed by atoms with Gasteiger partial charge in [-0.15, -0.1) is 0 Å². The topological polar surface area (TPSA) is 71.2 Å². The molecule has 0 radical (unpaired) electrons. The Kier molecular flexibility index (Phi) is 15.7. The van der Waals surface area contributed by atoms with Crippen LogP contribution in [0.15, 0.2) is 72.8 Å². The molecule has 1 unspecified atom stereocenters. The summed E-state index contributed by atoms with van der Waals surface area (Å²) in [5, 5.41) is 5.22. The first-order chi connectivity index (χ1) is 35.9. The van der Waals surface area contributed by atoms with Gasteiger partial charge >= 0.3 is 0 Å². The standard InChI is InChI=1S/C57H64F10N6O2/c58-39-24-36(25-40(59)32-39)45-10-3-6-34(52(45)62)30-50(74)68-54-48(12-5-15-56(54,64)65)72-22-18-71(19-23-72)44-28-38(29-44)47-13-14-49(73-20-16-70(17-21-73)43-8-1-2-9-43)55(57(47,66)67)69-51(75)31-35-7-4-11-46(53(35)63)37-26-41(60)33-42(61)27-37/h3-4,6-7,10-11,24-27,32-33,38,43-44,47-49,54-55H,1-2,5,8-9,12-23,28-31H2,(H,68,74)(H,69,75)/t38?,44?,47?,48-,49-,54+,55+/m0/s1. The van der Waals surface area contributed by atoms with Crippen LogP contribution < -0.4 is 10.6 Å². The molecule has 2 saturated heterocycles. The summed E-state index contributed by atoms with van der Waals surface area (Å²) in [5.74, 6) is -14.9. The lowest BCUT2D eigenvalue weighted by atomic mass is 9.63. The first kappa shape index (κ1) is 53.4. The minimum Gasteiger partial charge on any atom is -0.345 e. The minimum atomic E-state index is -3.32. The molecule has 18 heteroatoms. The lowest BCUT2D eigenvalue weighted by molar-refractivity contribution is -0.174. The molecule has 6 aliphatic rings. The summed E-state index contributed by atoms with van der Waals surface area (Å²) in [7, 11) is 0. The molecule has 75 heavy (non-hydrogen) atoms. The zero-order chi connectivity index (χ0) is 52.8. The summed E-state index contributed by atoms with van der Waals surface area (Å²) < 4.78 is 154. The average Bonchev–Trinajstić information content (AvgIpc) is 3.90. The van der Waals surface area contributed by atoms with Gasteiger partial charge in [0.05, 0.1) is 12.8 Å². The van der Waals surface area contributed by atoms with E-state index in [2.05, 4.69) is 25.3 Å². The van der Waals surface area contributed by atoms with Crippen LogP contribution in [0.2, 0.25) is 0 Å². The lowest BCUT2D eigenvalue weighted by Crippen LogP contribution is -2.68. The third kappa shape index (κ3) is 11.5. The van der Waals surface area contributed by atoms with E-state index in [-0.39, 0.29) is 58.2 Å². The number of carbonyl (C=O) groups excluding carboxylic acids is 2. The predicted octanol–water partition coefficient (Wildman–Crippen LogP) is 10.2. The normalized spacial score (nSPS) is 27.9. The summed E-state index contributed by atoms with van der Waals surface area (Å²) >= 11 is 0. The van der Waals surface area contributed by atoms with Gasteiger partial charge in [0.15, 0.2) is 0 Å². The van der Waals surface area contributed by atoms with E-state index in [0.29, 0.717) is 83.1 Å². The van der Waals surface area contributed by atoms with Crippen LogP contribution in [0, 0.1) is 46.7 Å². The molecule has 0 spiro atoms. The van der Waals surface area contributed by atoms with Gasteiger partial charge in [0.1, 0.15) is 47.0 Å². The third-order valence-electron chi connectivity index (χ3n) is 17.5. The summed E-state index contributed by atoms with van der Waals surface area (Å²) in [6, 6.07) is 9.44. The van der Waals surface area contributed by atoms with Crippen molar-refractivity contribution >= 4 is 11.8 Å². The Balaban J connectivity index is 0.774. The minimum absolute atomic E-state index is 0.0120. The molecule has 404 valence electrons. The molecule has 5 atom stereocenters. The average molecular weight is 1060 g/mol. The van der Waals surface area contributed by atoms with Gasteiger partial charge in [-0.1, -0.05) is 49.2 Å². The molecule has 2 N–H and O–H groups in total. The summed E-state index contributed by atoms with van der Waals surface area (Å²) in [6.45, 7) is 4.45. The largest absolute Gasteiger partial charge is 0.345 e. The van der Waals surface area contributed by atoms with Gasteiger partial charge in [-0.05, 0) is 104 Å². The fourth-order valence-electron chi connectivity index (χ4n) is 13.6. The van der Waals surface area contributed by atoms with Crippen molar-refractivity contribution in [1.29, 1.82) is 0 Å². The lowest BCUT2D eigenvalue weighted by Gasteiger charge is -2.55. The molecule has 2 heterocycles. The Morgan fingerprint density at radius 1 is 0.507 bits per heavy atom. The van der Waals surface area contributed by atoms with E-state index in [1.54, 1.807) is 0 Å². The second-order valence-electron chi connectivity index (χ2n) is 21.9. The highest BCUT2D eigenvalue weighted by atomic mass is 19.3. The van der Waals surface area contributed by atoms with Crippen molar-refractivity contribution < 1.29 is 53.5 Å². The summed E-state index contributed by atoms with van der Waals surface area (Å²) in [5.41, 5.74) is -0.596. The van der Waals surface area contributed by atoms with Crippen molar-refractivity contribution in [2.45, 2.75) is 132 Å². The van der Waals surface area contributed by atoms with E-state index in [9.17, 15) is 27.2 Å². The molecule has 4 aromatic carbocycles. The monoisotopic (exact) mass is 1050 g/mol. The van der Waals surface area contributed by atoms with Crippen LogP contribution in [-0.4, -0.2) is 132 Å². The fraction of sp³-hybridized carbons (Fsp3) is 0.544. The van der Waals surface area contributed by atoms with E-state index in [4.69, 9.17) is 0 Å². The Morgan fingerprint density at radius 2 is 0.947 bits per heavy atom. The number of hydrogen-bond donors (Lipinski definition) is 2. The maximum Gasteiger partial charge on any atom is 0.272 e. The fourth-order valence-corrected chi connectivity index (χ4v) is 13.6. The highest BCUT2D eigenvalue weighted by Gasteiger charge is 2.60. The maximum atomic E-state index is 17.4. The second-order valence-corrected chi connectivity index (χ2v) is 21.9. The molecule has 4 aliphatic carbocycles. The Morgan fingerprint density at radius 3 is 1.44 bits per heavy atom. The Bertz CT molecular complexity index is 2660. The Hall–Kier alpha value is -5.04. The highest BCUT2D eigenvalue weighted by Crippen LogP contribution is 2.51. The van der Waals surface area contributed by atoms with Gasteiger partial charge < -0.3 is 10.6 Å². The Labute approximate surface area is 431 Å². The molecular formula is C57H64F10N6O2. The second kappa shape index (κ2) is 22.1. The molecule has 0 bridgehead atoms. The molecule has 10 rings (SSSR count). The van der Waals surface area contributed by atoms with E-state index in [0.717, 1.165) is 50.2 Å². The maximum absolute atomic E-state index is 17.4. The first-order valence-electron chi connectivity index (χ1n) is 26.7. The molecule has 0 aromatic heterocycles. The number of nitrogens with zero attached hydrogens (tertiary/aromatic N) is 4. The molecule has 4 saturated carbocycles. The third-order valence-corrected chi connectivity index (χ3v) is 17.5. The van der Waals surface area contributed by atoms with Crippen LogP contribution in [0.3, 0.4) is 0 Å². The number of amides is 2. The summed E-state index contributed by atoms with van der Waals surface area (Å²) in [4.78, 5) is 36.0. The predicted molar refractivity (Wildman–Crippen MR) is 264 cm³/mol. The molecule has 8 nitrogen and oxygen atoms in total. The van der Waals surface area contributed by atoms with Crippen molar-refractivity contribution in [2.75, 3.05) is 52.4 Å². The van der Waals surface area contributed by atoms with Crippen molar-refractivity contribution in [3.05, 3.63) is 119 Å². The van der Waals surface area contributed by atoms with Gasteiger partial charge in [-0.2, -0.15) is 0 Å². The van der Waals surface area contributed by atoms with Gasteiger partial charge in [0.2, 0.25) is 11.8 Å². The van der Waals surface area contributed by atoms with E-state index >= 15 is 26.3 Å². The van der Waals surface area contributed by atoms with Gasteiger partial charge in [0.25, 0.3) is 11.8 Å². The number of piperazine rings is 2. The van der Waals surface area contributed by atoms with Crippen LogP contribution in [0.5, 0.6) is 0 Å². The van der Waals surface area contributed by atoms with Crippen molar-refractivity contribution in [2.24, 2.45) is 11.8 Å². The van der Waals surface area contributed by atoms with Gasteiger partial charge in [-0.25, -0.2) is 43.9 Å². The van der Waals surface area contributed by atoms with Gasteiger partial charge in [-0.3, -0.25) is 29.2 Å². The van der Waals surface area contributed by atoms with Crippen LogP contribution in [0.4, 0.5) is 43.9 Å². The summed E-state index contributed by atoms with van der Waals surface area (Å²) in [6.07, 6.45) is 5.35. The zero-order valence-electron chi connectivity index (χ0n) is 41.8. The number of benzene rings is 4. The van der Waals surface area contributed by atoms with Crippen molar-refractivity contribution in [1.82, 2.24) is 30.2 Å². The molecule has 2 aliphatic heterocycles. The van der Waals surface area contributed by atoms with Crippen molar-refractivity contribution in [3.8, 4) is 22.3 Å². The van der Waals surface area contributed by atoms with Gasteiger partial charge in [0, 0.05) is 112 Å². The van der Waals surface area contributed by atoms with E-state index in [1.165, 1.54) is 49.2 Å². The smallest absolute Gasteiger partial charge is 0.272 e. The number of nitrogens with one attached hydrogen (secondary N) is 2. The highest BCUT2D eigenvalue weighted by molar-refractivity contribution is 5.81. The van der Waals surface area contributed by atoms with Crippen LogP contribution in [-0.2, 0) is 22.4 Å². The van der Waals surface area contributed by atoms with Crippen LogP contribution >= 0.6 is 0 Å². The SMILES string of the molecule is O=C(Cc1cccc(-c2cc(F)cc(F)c2)c1F)N[C@@H]1[C@@H](N2CCN(C3CC(C4CC[C@H](N5CCN(C6CCCC6)CC5)[C@@H](NC(=O)Cc5cccc(-c6cc(F)cc(F)c6)c5F)C4(F)F)C3)CC2)CCCC1(F)F. The number of alkyl halides is 4. The number of halogens is 10.